The van der Waals surface area contributed by atoms with Crippen LogP contribution in [0.1, 0.15) is 49.9 Å². The van der Waals surface area contributed by atoms with Crippen molar-refractivity contribution in [1.29, 1.82) is 0 Å². The van der Waals surface area contributed by atoms with E-state index in [1.54, 1.807) is 48.4 Å². The third-order valence-corrected chi connectivity index (χ3v) is 7.05. The Morgan fingerprint density at radius 1 is 1.05 bits per heavy atom. The van der Waals surface area contributed by atoms with Crippen molar-refractivity contribution in [2.45, 2.75) is 45.6 Å². The number of nitrogens with one attached hydrogen (secondary N) is 1. The third-order valence-electron chi connectivity index (χ3n) is 7.05. The number of aryl methyl sites for hydroxylation is 1. The first-order valence-corrected chi connectivity index (χ1v) is 13.9. The zero-order valence-corrected chi connectivity index (χ0v) is 23.5. The summed E-state index contributed by atoms with van der Waals surface area (Å²) in [4.78, 5) is 39.5. The summed E-state index contributed by atoms with van der Waals surface area (Å²) in [7, 11) is 3.87. The van der Waals surface area contributed by atoms with E-state index in [1.165, 1.54) is 6.20 Å². The molecule has 2 aliphatic rings. The quantitative estimate of drug-likeness (QED) is 0.403. The molecule has 3 aromatic rings. The van der Waals surface area contributed by atoms with E-state index in [1.807, 2.05) is 18.7 Å². The summed E-state index contributed by atoms with van der Waals surface area (Å²) < 4.78 is 13.5. The fourth-order valence-corrected chi connectivity index (χ4v) is 4.73. The lowest BCUT2D eigenvalue weighted by Gasteiger charge is -2.32. The van der Waals surface area contributed by atoms with E-state index in [2.05, 4.69) is 32.3 Å². The zero-order valence-electron chi connectivity index (χ0n) is 23.5. The van der Waals surface area contributed by atoms with Gasteiger partial charge in [0.15, 0.2) is 11.6 Å². The smallest absolute Gasteiger partial charge is 0.257 e. The summed E-state index contributed by atoms with van der Waals surface area (Å²) in [5.74, 6) is 2.41. The minimum atomic E-state index is -0.345. The van der Waals surface area contributed by atoms with E-state index in [9.17, 15) is 9.59 Å². The van der Waals surface area contributed by atoms with Crippen molar-refractivity contribution in [1.82, 2.24) is 24.6 Å². The number of hydrogen-bond acceptors (Lipinski definition) is 8. The van der Waals surface area contributed by atoms with Crippen molar-refractivity contribution in [2.75, 3.05) is 36.9 Å². The van der Waals surface area contributed by atoms with Crippen molar-refractivity contribution in [3.8, 4) is 17.4 Å². The van der Waals surface area contributed by atoms with Gasteiger partial charge in [0.1, 0.15) is 11.5 Å². The van der Waals surface area contributed by atoms with E-state index >= 15 is 0 Å². The molecule has 1 aliphatic heterocycles. The second-order valence-electron chi connectivity index (χ2n) is 11.0. The summed E-state index contributed by atoms with van der Waals surface area (Å²) in [6.45, 7) is 6.34. The van der Waals surface area contributed by atoms with Gasteiger partial charge in [0.2, 0.25) is 11.8 Å². The van der Waals surface area contributed by atoms with Crippen LogP contribution in [0.15, 0.2) is 42.9 Å². The number of anilines is 2. The molecule has 5 rings (SSSR count). The van der Waals surface area contributed by atoms with Crippen LogP contribution in [0.4, 0.5) is 11.6 Å². The molecule has 3 heterocycles. The van der Waals surface area contributed by atoms with Gasteiger partial charge in [-0.15, -0.1) is 0 Å². The molecule has 2 amide bonds. The first-order valence-electron chi connectivity index (χ1n) is 13.9. The predicted molar refractivity (Wildman–Crippen MR) is 151 cm³/mol. The van der Waals surface area contributed by atoms with Crippen molar-refractivity contribution in [3.05, 3.63) is 48.4 Å². The molecule has 11 heteroatoms. The van der Waals surface area contributed by atoms with Crippen molar-refractivity contribution in [3.63, 3.8) is 0 Å². The standard InChI is InChI=1S/C29H37N7O4/c1-19(2)39-23-13-22(28(37)32-25-9-12-35(4)33-25)14-24(15-23)40-27-17-30-26(16-31-27)36(18-20-5-6-20)29(38)21-7-10-34(3)11-8-21/h9,12-17,19-21H,5-8,10-11,18H2,1-4H3,(H,32,33,37). The van der Waals surface area contributed by atoms with E-state index in [0.29, 0.717) is 41.2 Å². The fourth-order valence-electron chi connectivity index (χ4n) is 4.73. The van der Waals surface area contributed by atoms with Crippen molar-refractivity contribution < 1.29 is 19.1 Å². The van der Waals surface area contributed by atoms with Crippen LogP contribution < -0.4 is 19.7 Å². The maximum atomic E-state index is 13.5. The minimum absolute atomic E-state index is 0.00651. The minimum Gasteiger partial charge on any atom is -0.491 e. The van der Waals surface area contributed by atoms with Crippen LogP contribution >= 0.6 is 0 Å². The molecule has 212 valence electrons. The lowest BCUT2D eigenvalue weighted by atomic mass is 9.95. The lowest BCUT2D eigenvalue weighted by molar-refractivity contribution is -0.123. The fraction of sp³-hybridized carbons (Fsp3) is 0.483. The van der Waals surface area contributed by atoms with Crippen LogP contribution in [0.3, 0.4) is 0 Å². The summed E-state index contributed by atoms with van der Waals surface area (Å²) >= 11 is 0. The number of piperidine rings is 1. The molecular formula is C29H37N7O4. The molecule has 2 aromatic heterocycles. The summed E-state index contributed by atoms with van der Waals surface area (Å²) in [5.41, 5.74) is 0.350. The Morgan fingerprint density at radius 2 is 1.80 bits per heavy atom. The van der Waals surface area contributed by atoms with Gasteiger partial charge in [-0.05, 0) is 77.7 Å². The van der Waals surface area contributed by atoms with Crippen molar-refractivity contribution >= 4 is 23.5 Å². The van der Waals surface area contributed by atoms with Crippen LogP contribution in [-0.4, -0.2) is 69.2 Å². The molecule has 1 aromatic carbocycles. The molecule has 0 unspecified atom stereocenters. The Balaban J connectivity index is 1.32. The number of amides is 2. The Bertz CT molecular complexity index is 1330. The highest BCUT2D eigenvalue weighted by Crippen LogP contribution is 2.33. The number of aromatic nitrogens is 4. The van der Waals surface area contributed by atoms with Gasteiger partial charge in [-0.25, -0.2) is 9.97 Å². The molecule has 11 nitrogen and oxygen atoms in total. The van der Waals surface area contributed by atoms with Gasteiger partial charge in [-0.2, -0.15) is 5.10 Å². The van der Waals surface area contributed by atoms with E-state index in [4.69, 9.17) is 9.47 Å². The van der Waals surface area contributed by atoms with Gasteiger partial charge in [0.05, 0.1) is 18.5 Å². The lowest BCUT2D eigenvalue weighted by Crippen LogP contribution is -2.43. The molecular weight excluding hydrogens is 510 g/mol. The van der Waals surface area contributed by atoms with Crippen molar-refractivity contribution in [2.24, 2.45) is 18.9 Å². The maximum Gasteiger partial charge on any atom is 0.257 e. The second-order valence-corrected chi connectivity index (χ2v) is 11.0. The van der Waals surface area contributed by atoms with Gasteiger partial charge in [0.25, 0.3) is 5.91 Å². The zero-order chi connectivity index (χ0) is 28.2. The molecule has 0 radical (unpaired) electrons. The normalized spacial score (nSPS) is 16.1. The highest BCUT2D eigenvalue weighted by molar-refractivity contribution is 6.04. The third kappa shape index (κ3) is 7.15. The average molecular weight is 548 g/mol. The van der Waals surface area contributed by atoms with Gasteiger partial charge in [0, 0.05) is 43.4 Å². The second kappa shape index (κ2) is 12.0. The number of likely N-dealkylation sites (tertiary alicyclic amines) is 1. The van der Waals surface area contributed by atoms with E-state index < -0.39 is 0 Å². The number of benzene rings is 1. The molecule has 0 bridgehead atoms. The first-order chi connectivity index (χ1) is 19.2. The maximum absolute atomic E-state index is 13.5. The molecule has 1 saturated heterocycles. The predicted octanol–water partition coefficient (Wildman–Crippen LogP) is 4.13. The topological polar surface area (TPSA) is 115 Å². The van der Waals surface area contributed by atoms with Crippen LogP contribution in [0, 0.1) is 11.8 Å². The molecule has 1 saturated carbocycles. The van der Waals surface area contributed by atoms with E-state index in [0.717, 1.165) is 38.8 Å². The number of hydrogen-bond donors (Lipinski definition) is 1. The first kappa shape index (κ1) is 27.6. The van der Waals surface area contributed by atoms with Crippen LogP contribution in [0.5, 0.6) is 17.4 Å². The molecule has 0 atom stereocenters. The molecule has 40 heavy (non-hydrogen) atoms. The summed E-state index contributed by atoms with van der Waals surface area (Å²) in [6, 6.07) is 6.69. The molecule has 0 spiro atoms. The Labute approximate surface area is 234 Å². The molecule has 2 fully saturated rings. The van der Waals surface area contributed by atoms with Gasteiger partial charge in [-0.3, -0.25) is 19.2 Å². The van der Waals surface area contributed by atoms with Crippen LogP contribution in [0.2, 0.25) is 0 Å². The highest BCUT2D eigenvalue weighted by atomic mass is 16.5. The van der Waals surface area contributed by atoms with Crippen LogP contribution in [0.25, 0.3) is 0 Å². The Kier molecular flexibility index (Phi) is 8.29. The average Bonchev–Trinajstić information content (AvgIpc) is 3.66. The van der Waals surface area contributed by atoms with E-state index in [-0.39, 0.29) is 29.7 Å². The molecule has 1 N–H and O–H groups in total. The number of carbonyl (C=O) groups is 2. The number of rotatable bonds is 10. The number of carbonyl (C=O) groups excluding carboxylic acids is 2. The van der Waals surface area contributed by atoms with Gasteiger partial charge < -0.3 is 19.7 Å². The van der Waals surface area contributed by atoms with Gasteiger partial charge in [-0.1, -0.05) is 0 Å². The Hall–Kier alpha value is -3.99. The van der Waals surface area contributed by atoms with Gasteiger partial charge >= 0.3 is 0 Å². The molecule has 1 aliphatic carbocycles. The number of nitrogens with zero attached hydrogens (tertiary/aromatic N) is 6. The monoisotopic (exact) mass is 547 g/mol. The Morgan fingerprint density at radius 3 is 2.42 bits per heavy atom. The summed E-state index contributed by atoms with van der Waals surface area (Å²) in [5, 5.41) is 6.98. The van der Waals surface area contributed by atoms with Crippen LogP contribution in [-0.2, 0) is 11.8 Å². The largest absolute Gasteiger partial charge is 0.491 e. The summed E-state index contributed by atoms with van der Waals surface area (Å²) in [6.07, 6.45) is 8.74. The highest BCUT2D eigenvalue weighted by Gasteiger charge is 2.33. The SMILES string of the molecule is CC(C)Oc1cc(Oc2cnc(N(CC3CC3)C(=O)C3CCN(C)CC3)cn2)cc(C(=O)Nc2ccn(C)n2)c1. The number of ether oxygens (including phenoxy) is 2.